The van der Waals surface area contributed by atoms with Crippen LogP contribution in [0.2, 0.25) is 0 Å². The number of fused-ring (bicyclic) bond motifs is 1. The van der Waals surface area contributed by atoms with Gasteiger partial charge in [-0.25, -0.2) is 9.78 Å². The highest BCUT2D eigenvalue weighted by Gasteiger charge is 2.36. The molecule has 2 heterocycles. The number of allylic oxidation sites excluding steroid dienone is 1. The molecule has 1 aromatic heterocycles. The third kappa shape index (κ3) is 3.99. The van der Waals surface area contributed by atoms with E-state index < -0.39 is 11.9 Å². The number of esters is 1. The molecule has 0 bridgehead atoms. The quantitative estimate of drug-likeness (QED) is 0.452. The lowest BCUT2D eigenvalue weighted by atomic mass is 9.82. The number of nitrogens with zero attached hydrogens (tertiary/aromatic N) is 1. The Bertz CT molecular complexity index is 977. The second-order valence-corrected chi connectivity index (χ2v) is 8.35. The van der Waals surface area contributed by atoms with E-state index in [-0.39, 0.29) is 5.56 Å². The topological polar surface area (TPSA) is 84.1 Å². The van der Waals surface area contributed by atoms with Crippen LogP contribution in [0.5, 0.6) is 0 Å². The van der Waals surface area contributed by atoms with Gasteiger partial charge in [0.1, 0.15) is 5.82 Å². The fourth-order valence-corrected chi connectivity index (χ4v) is 4.03. The molecule has 0 saturated carbocycles. The summed E-state index contributed by atoms with van der Waals surface area (Å²) in [6.07, 6.45) is 0. The van der Waals surface area contributed by atoms with Crippen molar-refractivity contribution in [2.45, 2.75) is 38.8 Å². The van der Waals surface area contributed by atoms with Gasteiger partial charge in [0.2, 0.25) is 0 Å². The number of aromatic amines is 1. The average Bonchev–Trinajstić information content (AvgIpc) is 2.65. The summed E-state index contributed by atoms with van der Waals surface area (Å²) in [7, 11) is 1.35. The number of hydrogen-bond acceptors (Lipinski definition) is 6. The van der Waals surface area contributed by atoms with Crippen LogP contribution in [0, 0.1) is 12.8 Å². The van der Waals surface area contributed by atoms with E-state index in [1.54, 1.807) is 6.92 Å². The van der Waals surface area contributed by atoms with Gasteiger partial charge in [0.25, 0.3) is 5.56 Å². The minimum atomic E-state index is -0.537. The number of thioether (sulfide) groups is 1. The Kier molecular flexibility index (Phi) is 5.93. The number of carbonyl (C=O) groups is 1. The van der Waals surface area contributed by atoms with Gasteiger partial charge in [-0.2, -0.15) is 0 Å². The molecule has 2 aromatic rings. The van der Waals surface area contributed by atoms with E-state index in [0.717, 1.165) is 16.9 Å². The normalized spacial score (nSPS) is 16.0. The first-order valence-corrected chi connectivity index (χ1v) is 10.2. The third-order valence-corrected chi connectivity index (χ3v) is 5.89. The molecule has 3 rings (SSSR count). The number of hydrogen-bond donors (Lipinski definition) is 2. The molecule has 1 aliphatic rings. The zero-order chi connectivity index (χ0) is 20.4. The van der Waals surface area contributed by atoms with Crippen molar-refractivity contribution in [1.29, 1.82) is 0 Å². The molecule has 1 unspecified atom stereocenters. The summed E-state index contributed by atoms with van der Waals surface area (Å²) >= 11 is 1.51. The third-order valence-electron chi connectivity index (χ3n) is 4.59. The molecule has 0 saturated heterocycles. The zero-order valence-corrected chi connectivity index (χ0v) is 17.6. The van der Waals surface area contributed by atoms with Gasteiger partial charge in [-0.15, -0.1) is 0 Å². The van der Waals surface area contributed by atoms with Crippen LogP contribution in [0.3, 0.4) is 0 Å². The van der Waals surface area contributed by atoms with Gasteiger partial charge in [-0.05, 0) is 25.3 Å². The van der Waals surface area contributed by atoms with Crippen molar-refractivity contribution in [2.24, 2.45) is 5.92 Å². The second kappa shape index (κ2) is 8.22. The lowest BCUT2D eigenvalue weighted by Gasteiger charge is -2.28. The van der Waals surface area contributed by atoms with Crippen LogP contribution in [-0.2, 0) is 9.53 Å². The average molecular weight is 400 g/mol. The predicted octanol–water partition coefficient (Wildman–Crippen LogP) is 3.83. The second-order valence-electron chi connectivity index (χ2n) is 7.34. The van der Waals surface area contributed by atoms with Crippen LogP contribution in [-0.4, -0.2) is 28.8 Å². The van der Waals surface area contributed by atoms with Crippen molar-refractivity contribution in [1.82, 2.24) is 9.97 Å². The Morgan fingerprint density at radius 3 is 2.54 bits per heavy atom. The van der Waals surface area contributed by atoms with E-state index >= 15 is 0 Å². The standard InChI is InChI=1S/C21H25N3O3S/c1-11(2)10-28-21-23-18-17(19(25)24-21)16(14-8-6-12(3)7-9-14)15(13(4)22-18)20(26)27-5/h6-9,11,16H,10H2,1-5H3,(H2,22,23,24,25). The van der Waals surface area contributed by atoms with Gasteiger partial charge in [0.05, 0.1) is 24.2 Å². The van der Waals surface area contributed by atoms with Crippen molar-refractivity contribution in [2.75, 3.05) is 18.2 Å². The number of H-pyrrole nitrogens is 1. The lowest BCUT2D eigenvalue weighted by molar-refractivity contribution is -0.136. The maximum Gasteiger partial charge on any atom is 0.336 e. The van der Waals surface area contributed by atoms with Gasteiger partial charge < -0.3 is 15.0 Å². The molecular weight excluding hydrogens is 374 g/mol. The Hall–Kier alpha value is -2.54. The Balaban J connectivity index is 2.16. The number of methoxy groups -OCH3 is 1. The molecule has 0 spiro atoms. The molecule has 0 radical (unpaired) electrons. The molecule has 6 nitrogen and oxygen atoms in total. The molecule has 0 fully saturated rings. The Morgan fingerprint density at radius 1 is 1.25 bits per heavy atom. The molecule has 28 heavy (non-hydrogen) atoms. The molecule has 148 valence electrons. The number of rotatable bonds is 5. The van der Waals surface area contributed by atoms with E-state index in [4.69, 9.17) is 4.74 Å². The zero-order valence-electron chi connectivity index (χ0n) is 16.8. The molecule has 1 atom stereocenters. The summed E-state index contributed by atoms with van der Waals surface area (Å²) in [6, 6.07) is 7.81. The van der Waals surface area contributed by atoms with Crippen molar-refractivity contribution < 1.29 is 9.53 Å². The van der Waals surface area contributed by atoms with E-state index in [1.807, 2.05) is 31.2 Å². The van der Waals surface area contributed by atoms with E-state index in [9.17, 15) is 9.59 Å². The van der Waals surface area contributed by atoms with Crippen LogP contribution in [0.4, 0.5) is 5.82 Å². The number of carbonyl (C=O) groups excluding carboxylic acids is 1. The molecule has 2 N–H and O–H groups in total. The van der Waals surface area contributed by atoms with Crippen LogP contribution in [0.1, 0.15) is 43.4 Å². The smallest absolute Gasteiger partial charge is 0.336 e. The molecule has 0 amide bonds. The van der Waals surface area contributed by atoms with Crippen LogP contribution in [0.15, 0.2) is 45.5 Å². The molecule has 1 aromatic carbocycles. The Morgan fingerprint density at radius 2 is 1.93 bits per heavy atom. The summed E-state index contributed by atoms with van der Waals surface area (Å²) in [6.45, 7) is 8.03. The van der Waals surface area contributed by atoms with Gasteiger partial charge in [0, 0.05) is 11.4 Å². The monoisotopic (exact) mass is 399 g/mol. The van der Waals surface area contributed by atoms with Crippen molar-refractivity contribution in [3.05, 3.63) is 62.6 Å². The van der Waals surface area contributed by atoms with Gasteiger partial charge in [0.15, 0.2) is 5.16 Å². The summed E-state index contributed by atoms with van der Waals surface area (Å²) < 4.78 is 5.01. The highest BCUT2D eigenvalue weighted by atomic mass is 32.2. The van der Waals surface area contributed by atoms with Crippen molar-refractivity contribution >= 4 is 23.5 Å². The van der Waals surface area contributed by atoms with Crippen LogP contribution in [0.25, 0.3) is 0 Å². The predicted molar refractivity (Wildman–Crippen MR) is 112 cm³/mol. The van der Waals surface area contributed by atoms with Gasteiger partial charge in [-0.3, -0.25) is 4.79 Å². The first-order chi connectivity index (χ1) is 13.3. The summed E-state index contributed by atoms with van der Waals surface area (Å²) in [5.74, 6) is 0.826. The highest BCUT2D eigenvalue weighted by molar-refractivity contribution is 7.99. The van der Waals surface area contributed by atoms with Crippen molar-refractivity contribution in [3.8, 4) is 0 Å². The van der Waals surface area contributed by atoms with Crippen LogP contribution < -0.4 is 10.9 Å². The summed E-state index contributed by atoms with van der Waals surface area (Å²) in [5.41, 5.74) is 3.21. The maximum atomic E-state index is 13.0. The fourth-order valence-electron chi connectivity index (χ4n) is 3.22. The molecule has 0 aliphatic carbocycles. The van der Waals surface area contributed by atoms with Crippen molar-refractivity contribution in [3.63, 3.8) is 0 Å². The van der Waals surface area contributed by atoms with E-state index in [1.165, 1.54) is 18.9 Å². The minimum absolute atomic E-state index is 0.247. The largest absolute Gasteiger partial charge is 0.466 e. The van der Waals surface area contributed by atoms with E-state index in [2.05, 4.69) is 29.1 Å². The first-order valence-electron chi connectivity index (χ1n) is 9.21. The summed E-state index contributed by atoms with van der Waals surface area (Å²) in [5, 5.41) is 3.71. The van der Waals surface area contributed by atoms with E-state index in [0.29, 0.717) is 33.7 Å². The highest BCUT2D eigenvalue weighted by Crippen LogP contribution is 2.40. The number of nitrogens with one attached hydrogen (secondary N) is 2. The number of aromatic nitrogens is 2. The minimum Gasteiger partial charge on any atom is -0.466 e. The molecule has 7 heteroatoms. The summed E-state index contributed by atoms with van der Waals surface area (Å²) in [4.78, 5) is 33.1. The van der Waals surface area contributed by atoms with Crippen LogP contribution >= 0.6 is 11.8 Å². The fraction of sp³-hybridized carbons (Fsp3) is 0.381. The lowest BCUT2D eigenvalue weighted by Crippen LogP contribution is -2.31. The Labute approximate surface area is 168 Å². The molecular formula is C21H25N3O3S. The molecule has 1 aliphatic heterocycles. The number of benzene rings is 1. The SMILES string of the molecule is COC(=O)C1=C(C)Nc2nc(SCC(C)C)[nH]c(=O)c2C1c1ccc(C)cc1. The number of ether oxygens (including phenoxy) is 1. The van der Waals surface area contributed by atoms with Gasteiger partial charge >= 0.3 is 5.97 Å². The number of aryl methyl sites for hydroxylation is 1. The number of anilines is 1. The van der Waals surface area contributed by atoms with Gasteiger partial charge in [-0.1, -0.05) is 55.4 Å². The first kappa shape index (κ1) is 20.2. The maximum absolute atomic E-state index is 13.0.